The summed E-state index contributed by atoms with van der Waals surface area (Å²) in [6.45, 7) is 0. The average Bonchev–Trinajstić information content (AvgIpc) is 2.68. The van der Waals surface area contributed by atoms with Crippen LogP contribution in [0.2, 0.25) is 0 Å². The fraction of sp³-hybridized carbons (Fsp3) is 0.0500. The lowest BCUT2D eigenvalue weighted by atomic mass is 10.1. The highest BCUT2D eigenvalue weighted by Crippen LogP contribution is 2.51. The molecule has 0 aliphatic carbocycles. The number of carbonyl (C=O) groups is 1. The van der Waals surface area contributed by atoms with Gasteiger partial charge in [-0.3, -0.25) is 4.79 Å². The SMILES string of the molecule is O=C(c1ccccc1)C(Cl)P(=O)(c1ccccc1)c1ccccc1. The molecule has 0 N–H and O–H groups in total. The third-order valence-corrected chi connectivity index (χ3v) is 7.90. The van der Waals surface area contributed by atoms with Crippen molar-refractivity contribution in [2.24, 2.45) is 0 Å². The van der Waals surface area contributed by atoms with E-state index >= 15 is 0 Å². The van der Waals surface area contributed by atoms with E-state index in [1.165, 1.54) is 0 Å². The molecule has 0 radical (unpaired) electrons. The molecule has 0 saturated heterocycles. The molecule has 24 heavy (non-hydrogen) atoms. The van der Waals surface area contributed by atoms with Gasteiger partial charge in [0.1, 0.15) is 0 Å². The Bertz CT molecular complexity index is 820. The first kappa shape index (κ1) is 16.7. The fourth-order valence-electron chi connectivity index (χ4n) is 2.61. The lowest BCUT2D eigenvalue weighted by Crippen LogP contribution is -2.28. The van der Waals surface area contributed by atoms with Crippen LogP contribution in [-0.4, -0.2) is 10.9 Å². The highest BCUT2D eigenvalue weighted by Gasteiger charge is 2.40. The maximum Gasteiger partial charge on any atom is 0.188 e. The number of hydrogen-bond donors (Lipinski definition) is 0. The van der Waals surface area contributed by atoms with Crippen molar-refractivity contribution < 1.29 is 9.36 Å². The average molecular weight is 355 g/mol. The number of Topliss-reactive ketones (excluding diaryl/α,β-unsaturated/α-hetero) is 1. The maximum atomic E-state index is 14.0. The lowest BCUT2D eigenvalue weighted by Gasteiger charge is -2.23. The molecular weight excluding hydrogens is 339 g/mol. The Morgan fingerprint density at radius 2 is 1.08 bits per heavy atom. The van der Waals surface area contributed by atoms with Gasteiger partial charge in [0.15, 0.2) is 18.0 Å². The second-order valence-electron chi connectivity index (χ2n) is 5.40. The third kappa shape index (κ3) is 3.08. The van der Waals surface area contributed by atoms with E-state index in [0.717, 1.165) is 0 Å². The van der Waals surface area contributed by atoms with Gasteiger partial charge in [-0.2, -0.15) is 0 Å². The van der Waals surface area contributed by atoms with E-state index in [-0.39, 0.29) is 5.78 Å². The minimum atomic E-state index is -3.32. The second-order valence-corrected chi connectivity index (χ2v) is 9.00. The first-order valence-electron chi connectivity index (χ1n) is 7.58. The molecular formula is C20H16ClO2P. The summed E-state index contributed by atoms with van der Waals surface area (Å²) in [5.74, 6) is -0.326. The molecule has 0 aliphatic heterocycles. The first-order valence-corrected chi connectivity index (χ1v) is 9.79. The van der Waals surface area contributed by atoms with Crippen LogP contribution in [0.5, 0.6) is 0 Å². The van der Waals surface area contributed by atoms with Crippen molar-refractivity contribution in [1.29, 1.82) is 0 Å². The van der Waals surface area contributed by atoms with Gasteiger partial charge in [0, 0.05) is 16.2 Å². The largest absolute Gasteiger partial charge is 0.312 e. The Morgan fingerprint density at radius 1 is 0.708 bits per heavy atom. The van der Waals surface area contributed by atoms with Gasteiger partial charge in [-0.15, -0.1) is 11.6 Å². The van der Waals surface area contributed by atoms with E-state index in [1.807, 2.05) is 42.5 Å². The molecule has 0 heterocycles. The van der Waals surface area contributed by atoms with E-state index in [4.69, 9.17) is 11.6 Å². The highest BCUT2D eigenvalue weighted by molar-refractivity contribution is 7.81. The van der Waals surface area contributed by atoms with Crippen LogP contribution < -0.4 is 10.6 Å². The molecule has 3 aromatic rings. The highest BCUT2D eigenvalue weighted by atomic mass is 35.5. The molecule has 0 amide bonds. The summed E-state index contributed by atoms with van der Waals surface area (Å²) < 4.78 is 14.0. The van der Waals surface area contributed by atoms with Crippen molar-refractivity contribution >= 4 is 35.1 Å². The van der Waals surface area contributed by atoms with Crippen LogP contribution in [0.25, 0.3) is 0 Å². The summed E-state index contributed by atoms with van der Waals surface area (Å²) in [7, 11) is -3.32. The predicted octanol–water partition coefficient (Wildman–Crippen LogP) is 4.45. The van der Waals surface area contributed by atoms with Crippen molar-refractivity contribution in [3.8, 4) is 0 Å². The zero-order valence-corrected chi connectivity index (χ0v) is 14.5. The van der Waals surface area contributed by atoms with Crippen LogP contribution in [0.4, 0.5) is 0 Å². The molecule has 0 fully saturated rings. The van der Waals surface area contributed by atoms with Gasteiger partial charge >= 0.3 is 0 Å². The Balaban J connectivity index is 2.12. The zero-order valence-electron chi connectivity index (χ0n) is 12.9. The van der Waals surface area contributed by atoms with E-state index in [9.17, 15) is 9.36 Å². The molecule has 0 aromatic heterocycles. The first-order chi connectivity index (χ1) is 11.6. The number of alkyl halides is 1. The lowest BCUT2D eigenvalue weighted by molar-refractivity contribution is 0.101. The molecule has 0 saturated carbocycles. The second kappa shape index (κ2) is 7.17. The van der Waals surface area contributed by atoms with Crippen LogP contribution in [0, 0.1) is 0 Å². The van der Waals surface area contributed by atoms with E-state index in [0.29, 0.717) is 16.2 Å². The zero-order chi connectivity index (χ0) is 17.0. The summed E-state index contributed by atoms with van der Waals surface area (Å²) in [5, 5.41) is 0.0191. The number of ketones is 1. The van der Waals surface area contributed by atoms with Gasteiger partial charge in [0.2, 0.25) is 0 Å². The van der Waals surface area contributed by atoms with Crippen molar-refractivity contribution in [2.45, 2.75) is 5.12 Å². The number of halogens is 1. The van der Waals surface area contributed by atoms with E-state index < -0.39 is 12.3 Å². The van der Waals surface area contributed by atoms with Crippen LogP contribution in [0.15, 0.2) is 91.0 Å². The smallest absolute Gasteiger partial charge is 0.188 e. The summed E-state index contributed by atoms with van der Waals surface area (Å²) in [6.07, 6.45) is 0. The molecule has 3 aromatic carbocycles. The van der Waals surface area contributed by atoms with E-state index in [2.05, 4.69) is 0 Å². The molecule has 1 atom stereocenters. The molecule has 2 nitrogen and oxygen atoms in total. The van der Waals surface area contributed by atoms with Crippen LogP contribution in [-0.2, 0) is 4.57 Å². The summed E-state index contributed by atoms with van der Waals surface area (Å²) in [4.78, 5) is 12.8. The monoisotopic (exact) mass is 354 g/mol. The van der Waals surface area contributed by atoms with Crippen LogP contribution >= 0.6 is 18.7 Å². The summed E-state index contributed by atoms with van der Waals surface area (Å²) in [5.41, 5.74) is 0.463. The van der Waals surface area contributed by atoms with Gasteiger partial charge in [-0.25, -0.2) is 0 Å². The Labute approximate surface area is 146 Å². The maximum absolute atomic E-state index is 14.0. The van der Waals surface area contributed by atoms with Crippen molar-refractivity contribution in [3.63, 3.8) is 0 Å². The van der Waals surface area contributed by atoms with Gasteiger partial charge in [0.25, 0.3) is 0 Å². The van der Waals surface area contributed by atoms with Gasteiger partial charge in [0.05, 0.1) is 0 Å². The Morgan fingerprint density at radius 3 is 1.50 bits per heavy atom. The molecule has 0 bridgehead atoms. The predicted molar refractivity (Wildman–Crippen MR) is 100 cm³/mol. The summed E-state index contributed by atoms with van der Waals surface area (Å²) in [6, 6.07) is 26.7. The Kier molecular flexibility index (Phi) is 4.99. The molecule has 1 unspecified atom stereocenters. The summed E-state index contributed by atoms with van der Waals surface area (Å²) >= 11 is 6.53. The number of rotatable bonds is 5. The molecule has 3 rings (SSSR count). The third-order valence-electron chi connectivity index (χ3n) is 3.87. The normalized spacial score (nSPS) is 12.5. The number of hydrogen-bond acceptors (Lipinski definition) is 2. The number of carbonyl (C=O) groups excluding carboxylic acids is 1. The fourth-order valence-corrected chi connectivity index (χ4v) is 5.95. The van der Waals surface area contributed by atoms with Gasteiger partial charge < -0.3 is 4.57 Å². The topological polar surface area (TPSA) is 34.1 Å². The molecule has 0 spiro atoms. The minimum absolute atomic E-state index is 0.326. The standard InChI is InChI=1S/C20H16ClO2P/c21-20(19(22)16-10-4-1-5-11-16)24(23,17-12-6-2-7-13-17)18-14-8-3-9-15-18/h1-15,20H. The van der Waals surface area contributed by atoms with Gasteiger partial charge in [-0.1, -0.05) is 91.0 Å². The van der Waals surface area contributed by atoms with Crippen molar-refractivity contribution in [3.05, 3.63) is 96.6 Å². The quantitative estimate of drug-likeness (QED) is 0.385. The van der Waals surface area contributed by atoms with Gasteiger partial charge in [-0.05, 0) is 0 Å². The van der Waals surface area contributed by atoms with Crippen molar-refractivity contribution in [1.82, 2.24) is 0 Å². The molecule has 0 aliphatic rings. The molecule has 120 valence electrons. The van der Waals surface area contributed by atoms with Crippen LogP contribution in [0.1, 0.15) is 10.4 Å². The van der Waals surface area contributed by atoms with Crippen molar-refractivity contribution in [2.75, 3.05) is 0 Å². The molecule has 4 heteroatoms. The van der Waals surface area contributed by atoms with E-state index in [1.54, 1.807) is 48.5 Å². The minimum Gasteiger partial charge on any atom is -0.312 e. The Hall–Kier alpha value is -2.15. The number of benzene rings is 3. The van der Waals surface area contributed by atoms with Crippen LogP contribution in [0.3, 0.4) is 0 Å².